The van der Waals surface area contributed by atoms with Crippen molar-refractivity contribution in [2.45, 2.75) is 49.2 Å². The number of hydrogen-bond donors (Lipinski definition) is 0. The molecule has 164 valence electrons. The molecular formula is C31H30OSi. The van der Waals surface area contributed by atoms with Crippen molar-refractivity contribution in [3.8, 4) is 0 Å². The zero-order valence-electron chi connectivity index (χ0n) is 19.8. The van der Waals surface area contributed by atoms with E-state index in [0.717, 1.165) is 0 Å². The van der Waals surface area contributed by atoms with Crippen molar-refractivity contribution in [2.24, 2.45) is 22.7 Å². The van der Waals surface area contributed by atoms with Crippen molar-refractivity contribution in [3.05, 3.63) is 102 Å². The van der Waals surface area contributed by atoms with E-state index < -0.39 is 8.07 Å². The normalized spacial score (nSPS) is 46.4. The van der Waals surface area contributed by atoms with E-state index in [9.17, 15) is 4.79 Å². The first-order chi connectivity index (χ1) is 15.8. The van der Waals surface area contributed by atoms with Crippen molar-refractivity contribution in [2.75, 3.05) is 0 Å². The molecule has 3 aromatic carbocycles. The molecule has 2 heterocycles. The maximum atomic E-state index is 14.8. The molecule has 6 aliphatic rings. The Morgan fingerprint density at radius 3 is 1.85 bits per heavy atom. The van der Waals surface area contributed by atoms with Gasteiger partial charge in [-0.25, -0.2) is 0 Å². The molecule has 0 N–H and O–H groups in total. The Kier molecular flexibility index (Phi) is 2.94. The van der Waals surface area contributed by atoms with Gasteiger partial charge < -0.3 is 0 Å². The Bertz CT molecular complexity index is 1380. The number of carbonyl (C=O) groups is 1. The molecule has 8 unspecified atom stereocenters. The van der Waals surface area contributed by atoms with Crippen LogP contribution in [-0.2, 0) is 15.6 Å². The lowest BCUT2D eigenvalue weighted by Gasteiger charge is -2.87. The summed E-state index contributed by atoms with van der Waals surface area (Å²) in [7, 11) is -1.90. The van der Waals surface area contributed by atoms with E-state index in [1.54, 1.807) is 10.8 Å². The number of benzene rings is 3. The minimum Gasteiger partial charge on any atom is -0.298 e. The lowest BCUT2D eigenvalue weighted by Crippen LogP contribution is -2.88. The lowest BCUT2D eigenvalue weighted by atomic mass is 9.15. The molecule has 0 spiro atoms. The lowest BCUT2D eigenvalue weighted by molar-refractivity contribution is -0.288. The van der Waals surface area contributed by atoms with Crippen LogP contribution >= 0.6 is 0 Å². The molecule has 3 aromatic rings. The van der Waals surface area contributed by atoms with E-state index >= 15 is 0 Å². The molecule has 8 atom stereocenters. The Morgan fingerprint density at radius 1 is 0.667 bits per heavy atom. The molecule has 2 aliphatic heterocycles. The van der Waals surface area contributed by atoms with Gasteiger partial charge in [-0.1, -0.05) is 117 Å². The average Bonchev–Trinajstić information content (AvgIpc) is 2.94. The highest BCUT2D eigenvalue weighted by Gasteiger charge is 3.05. The van der Waals surface area contributed by atoms with Crippen LogP contribution in [0.25, 0.3) is 0 Å². The fourth-order valence-corrected chi connectivity index (χ4v) is 16.8. The standard InChI is InChI=1S/C31H30OSi/c1-28-25-24-23-21-17-11-12-18-22(21)33(3,4)26(25)29(2,27(28)32)30(23,19-13-7-5-8-14-19)31(24,28)20-15-9-6-10-16-20/h5-18,23-26H,1-4H3. The Labute approximate surface area is 197 Å². The fourth-order valence-electron chi connectivity index (χ4n) is 11.7. The molecule has 33 heavy (non-hydrogen) atoms. The average molecular weight is 447 g/mol. The summed E-state index contributed by atoms with van der Waals surface area (Å²) in [6, 6.07) is 31.8. The predicted molar refractivity (Wildman–Crippen MR) is 134 cm³/mol. The molecule has 4 fully saturated rings. The third-order valence-electron chi connectivity index (χ3n) is 11.8. The maximum absolute atomic E-state index is 14.8. The molecular weight excluding hydrogens is 416 g/mol. The number of rotatable bonds is 2. The van der Waals surface area contributed by atoms with Crippen LogP contribution in [0.3, 0.4) is 0 Å². The predicted octanol–water partition coefficient (Wildman–Crippen LogP) is 5.81. The fraction of sp³-hybridized carbons (Fsp3) is 0.387. The van der Waals surface area contributed by atoms with Crippen LogP contribution in [0, 0.1) is 22.7 Å². The minimum atomic E-state index is -1.90. The Morgan fingerprint density at radius 2 is 1.21 bits per heavy atom. The zero-order valence-corrected chi connectivity index (χ0v) is 20.8. The van der Waals surface area contributed by atoms with Crippen LogP contribution in [-0.4, -0.2) is 13.9 Å². The first-order valence-corrected chi connectivity index (χ1v) is 15.7. The summed E-state index contributed by atoms with van der Waals surface area (Å²) in [6.45, 7) is 9.94. The van der Waals surface area contributed by atoms with Gasteiger partial charge in [-0.3, -0.25) is 4.79 Å². The van der Waals surface area contributed by atoms with Gasteiger partial charge >= 0.3 is 0 Å². The highest BCUT2D eigenvalue weighted by molar-refractivity contribution is 6.92. The van der Waals surface area contributed by atoms with Crippen molar-refractivity contribution in [1.82, 2.24) is 0 Å². The summed E-state index contributed by atoms with van der Waals surface area (Å²) in [5.41, 5.74) is 4.02. The van der Waals surface area contributed by atoms with E-state index in [1.165, 1.54) is 11.1 Å². The van der Waals surface area contributed by atoms with Crippen LogP contribution in [0.5, 0.6) is 0 Å². The molecule has 0 aromatic heterocycles. The molecule has 0 saturated heterocycles. The summed E-state index contributed by atoms with van der Waals surface area (Å²) in [5.74, 6) is 2.08. The number of ketones is 1. The van der Waals surface area contributed by atoms with Crippen LogP contribution < -0.4 is 5.19 Å². The van der Waals surface area contributed by atoms with Crippen molar-refractivity contribution >= 4 is 19.0 Å². The topological polar surface area (TPSA) is 17.1 Å². The van der Waals surface area contributed by atoms with Crippen molar-refractivity contribution in [1.29, 1.82) is 0 Å². The maximum Gasteiger partial charge on any atom is 0.146 e. The second-order valence-electron chi connectivity index (χ2n) is 12.4. The van der Waals surface area contributed by atoms with Gasteiger partial charge in [-0.15, -0.1) is 0 Å². The van der Waals surface area contributed by atoms with E-state index in [0.29, 0.717) is 29.1 Å². The highest BCUT2D eigenvalue weighted by atomic mass is 28.3. The third-order valence-corrected chi connectivity index (χ3v) is 16.1. The summed E-state index contributed by atoms with van der Waals surface area (Å²) < 4.78 is 0. The summed E-state index contributed by atoms with van der Waals surface area (Å²) in [4.78, 5) is 14.8. The molecule has 4 bridgehead atoms. The monoisotopic (exact) mass is 446 g/mol. The molecule has 4 saturated carbocycles. The second-order valence-corrected chi connectivity index (χ2v) is 17.0. The van der Waals surface area contributed by atoms with E-state index in [-0.39, 0.29) is 21.7 Å². The second kappa shape index (κ2) is 5.12. The van der Waals surface area contributed by atoms with Gasteiger partial charge in [0.05, 0.1) is 8.07 Å². The van der Waals surface area contributed by atoms with Gasteiger partial charge in [0, 0.05) is 21.7 Å². The number of hydrogen-bond acceptors (Lipinski definition) is 1. The van der Waals surface area contributed by atoms with Gasteiger partial charge in [0.2, 0.25) is 0 Å². The summed E-state index contributed by atoms with van der Waals surface area (Å²) in [6.07, 6.45) is 0. The Hall–Kier alpha value is -2.45. The molecule has 1 nitrogen and oxygen atoms in total. The van der Waals surface area contributed by atoms with Gasteiger partial charge in [0.1, 0.15) is 5.78 Å². The molecule has 0 radical (unpaired) electrons. The first kappa shape index (κ1) is 18.9. The van der Waals surface area contributed by atoms with Crippen molar-refractivity contribution in [3.63, 3.8) is 0 Å². The summed E-state index contributed by atoms with van der Waals surface area (Å²) >= 11 is 0. The van der Waals surface area contributed by atoms with Crippen LogP contribution in [0.1, 0.15) is 36.5 Å². The zero-order chi connectivity index (χ0) is 22.6. The number of carbonyl (C=O) groups excluding carboxylic acids is 1. The minimum absolute atomic E-state index is 0.0950. The van der Waals surface area contributed by atoms with Crippen LogP contribution in [0.15, 0.2) is 84.9 Å². The van der Waals surface area contributed by atoms with Gasteiger partial charge in [0.15, 0.2) is 0 Å². The quantitative estimate of drug-likeness (QED) is 0.454. The van der Waals surface area contributed by atoms with Crippen LogP contribution in [0.2, 0.25) is 18.6 Å². The highest BCUT2D eigenvalue weighted by Crippen LogP contribution is 3.03. The van der Waals surface area contributed by atoms with Crippen molar-refractivity contribution < 1.29 is 4.79 Å². The third kappa shape index (κ3) is 1.38. The van der Waals surface area contributed by atoms with E-state index in [2.05, 4.69) is 112 Å². The molecule has 0 amide bonds. The Balaban J connectivity index is 1.59. The van der Waals surface area contributed by atoms with E-state index in [1.807, 2.05) is 0 Å². The van der Waals surface area contributed by atoms with Gasteiger partial charge in [0.25, 0.3) is 0 Å². The molecule has 2 heteroatoms. The molecule has 4 aliphatic carbocycles. The first-order valence-electron chi connectivity index (χ1n) is 12.6. The SMILES string of the molecule is CC12C(=O)C3(C)C4C5C(c6ccccc6[Si](C)(C)C41)C2(c1ccccc1)C53c1ccccc1. The van der Waals surface area contributed by atoms with Crippen LogP contribution in [0.4, 0.5) is 0 Å². The largest absolute Gasteiger partial charge is 0.298 e. The van der Waals surface area contributed by atoms with Gasteiger partial charge in [-0.2, -0.15) is 0 Å². The van der Waals surface area contributed by atoms with Gasteiger partial charge in [-0.05, 0) is 40.0 Å². The summed E-state index contributed by atoms with van der Waals surface area (Å²) in [5, 5.41) is 1.62. The van der Waals surface area contributed by atoms with E-state index in [4.69, 9.17) is 0 Å². The smallest absolute Gasteiger partial charge is 0.146 e. The number of Topliss-reactive ketones (excluding diaryl/α,β-unsaturated/α-hetero) is 1. The molecule has 9 rings (SSSR count).